The van der Waals surface area contributed by atoms with Gasteiger partial charge in [0.25, 0.3) is 5.91 Å². The number of carbonyl (C=O) groups is 1. The second kappa shape index (κ2) is 3.21. The Labute approximate surface area is 75.3 Å². The van der Waals surface area contributed by atoms with E-state index in [0.717, 1.165) is 4.90 Å². The Morgan fingerprint density at radius 1 is 1.46 bits per heavy atom. The summed E-state index contributed by atoms with van der Waals surface area (Å²) in [5.41, 5.74) is -0.968. The fraction of sp³-hybridized carbons (Fsp3) is 0.875. The zero-order chi connectivity index (χ0) is 10.2. The highest BCUT2D eigenvalue weighted by Gasteiger charge is 2.47. The molecular weight excluding hydrogens is 180 g/mol. The van der Waals surface area contributed by atoms with Crippen LogP contribution < -0.4 is 0 Å². The van der Waals surface area contributed by atoms with Gasteiger partial charge in [-0.1, -0.05) is 13.8 Å². The largest absolute Gasteiger partial charge is 0.386 e. The number of hydrogen-bond donors (Lipinski definition) is 1. The molecule has 0 aromatic rings. The van der Waals surface area contributed by atoms with Crippen molar-refractivity contribution >= 4 is 5.91 Å². The molecule has 1 aliphatic heterocycles. The molecule has 76 valence electrons. The Balaban J connectivity index is 2.45. The van der Waals surface area contributed by atoms with Gasteiger partial charge < -0.3 is 10.0 Å². The van der Waals surface area contributed by atoms with Crippen LogP contribution in [-0.4, -0.2) is 41.0 Å². The lowest BCUT2D eigenvalue weighted by atomic mass is 9.83. The summed E-state index contributed by atoms with van der Waals surface area (Å²) >= 11 is 0. The first-order chi connectivity index (χ1) is 5.87. The lowest BCUT2D eigenvalue weighted by molar-refractivity contribution is -0.173. The van der Waals surface area contributed by atoms with E-state index in [9.17, 15) is 18.7 Å². The summed E-state index contributed by atoms with van der Waals surface area (Å²) in [6, 6.07) is 0. The fourth-order valence-electron chi connectivity index (χ4n) is 1.27. The lowest BCUT2D eigenvalue weighted by Crippen LogP contribution is -2.66. The molecule has 1 rings (SSSR count). The molecule has 0 radical (unpaired) electrons. The van der Waals surface area contributed by atoms with Crippen molar-refractivity contribution in [2.45, 2.75) is 25.9 Å². The average molecular weight is 193 g/mol. The number of amides is 1. The summed E-state index contributed by atoms with van der Waals surface area (Å²) in [4.78, 5) is 11.7. The van der Waals surface area contributed by atoms with E-state index in [1.165, 1.54) is 0 Å². The van der Waals surface area contributed by atoms with E-state index in [-0.39, 0.29) is 19.0 Å². The summed E-state index contributed by atoms with van der Waals surface area (Å²) < 4.78 is 23.8. The molecule has 0 bridgehead atoms. The second-order valence-electron chi connectivity index (χ2n) is 3.75. The third-order valence-electron chi connectivity index (χ3n) is 2.50. The maximum absolute atomic E-state index is 11.9. The Kier molecular flexibility index (Phi) is 2.56. The van der Waals surface area contributed by atoms with Crippen molar-refractivity contribution in [1.82, 2.24) is 4.90 Å². The van der Waals surface area contributed by atoms with Crippen LogP contribution in [-0.2, 0) is 4.79 Å². The van der Waals surface area contributed by atoms with Crippen molar-refractivity contribution in [3.8, 4) is 0 Å². The van der Waals surface area contributed by atoms with Crippen LogP contribution >= 0.6 is 0 Å². The van der Waals surface area contributed by atoms with Crippen LogP contribution in [0.5, 0.6) is 0 Å². The van der Waals surface area contributed by atoms with Gasteiger partial charge in [0.15, 0.2) is 0 Å². The highest BCUT2D eigenvalue weighted by Crippen LogP contribution is 2.29. The molecular formula is C8H13F2NO2. The number of carbonyl (C=O) groups excluding carboxylic acids is 1. The number of nitrogens with zero attached hydrogens (tertiary/aromatic N) is 1. The average Bonchev–Trinajstić information content (AvgIpc) is 1.96. The van der Waals surface area contributed by atoms with Gasteiger partial charge in [-0.15, -0.1) is 0 Å². The highest BCUT2D eigenvalue weighted by atomic mass is 19.3. The molecule has 0 saturated carbocycles. The van der Waals surface area contributed by atoms with Crippen LogP contribution in [0.3, 0.4) is 0 Å². The minimum absolute atomic E-state index is 0.0192. The van der Waals surface area contributed by atoms with E-state index in [2.05, 4.69) is 0 Å². The van der Waals surface area contributed by atoms with Gasteiger partial charge in [-0.3, -0.25) is 4.79 Å². The fourth-order valence-corrected chi connectivity index (χ4v) is 1.27. The molecule has 1 amide bonds. The van der Waals surface area contributed by atoms with Gasteiger partial charge in [0, 0.05) is 0 Å². The molecule has 0 aliphatic carbocycles. The number of β-amino-alcohol motifs (C(OH)–C–C–N with tert-alkyl or cyclic N) is 1. The molecule has 0 atom stereocenters. The predicted molar refractivity (Wildman–Crippen MR) is 42.4 cm³/mol. The number of aliphatic hydroxyl groups is 1. The molecule has 0 spiro atoms. The predicted octanol–water partition coefficient (Wildman–Crippen LogP) is 0.481. The smallest absolute Gasteiger partial charge is 0.315 e. The first-order valence-electron chi connectivity index (χ1n) is 4.16. The molecule has 0 aromatic carbocycles. The molecule has 13 heavy (non-hydrogen) atoms. The van der Waals surface area contributed by atoms with Gasteiger partial charge >= 0.3 is 6.43 Å². The van der Waals surface area contributed by atoms with Crippen LogP contribution in [0.15, 0.2) is 0 Å². The molecule has 3 nitrogen and oxygen atoms in total. The van der Waals surface area contributed by atoms with Crippen molar-refractivity contribution in [3.63, 3.8) is 0 Å². The molecule has 1 fully saturated rings. The number of rotatable bonds is 2. The van der Waals surface area contributed by atoms with Crippen molar-refractivity contribution in [2.75, 3.05) is 13.1 Å². The van der Waals surface area contributed by atoms with Gasteiger partial charge in [0.1, 0.15) is 5.60 Å². The number of alkyl halides is 2. The van der Waals surface area contributed by atoms with E-state index < -0.39 is 17.9 Å². The maximum atomic E-state index is 11.9. The zero-order valence-corrected chi connectivity index (χ0v) is 7.63. The molecule has 5 heteroatoms. The van der Waals surface area contributed by atoms with Crippen molar-refractivity contribution in [1.29, 1.82) is 0 Å². The van der Waals surface area contributed by atoms with Crippen LogP contribution in [0.2, 0.25) is 0 Å². The van der Waals surface area contributed by atoms with Crippen LogP contribution in [0.1, 0.15) is 13.8 Å². The third kappa shape index (κ3) is 1.80. The van der Waals surface area contributed by atoms with Gasteiger partial charge in [-0.2, -0.15) is 8.78 Å². The standard InChI is InChI=1S/C8H13F2NO2/c1-5(2)8(13)3-11(4-8)7(12)6(9)10/h5-6,13H,3-4H2,1-2H3. The molecule has 1 N–H and O–H groups in total. The van der Waals surface area contributed by atoms with Gasteiger partial charge in [0.05, 0.1) is 13.1 Å². The summed E-state index contributed by atoms with van der Waals surface area (Å²) in [7, 11) is 0. The van der Waals surface area contributed by atoms with Crippen LogP contribution in [0.25, 0.3) is 0 Å². The monoisotopic (exact) mass is 193 g/mol. The van der Waals surface area contributed by atoms with E-state index in [1.807, 2.05) is 0 Å². The quantitative estimate of drug-likeness (QED) is 0.693. The second-order valence-corrected chi connectivity index (χ2v) is 3.75. The van der Waals surface area contributed by atoms with Crippen molar-refractivity contribution in [2.24, 2.45) is 5.92 Å². The Morgan fingerprint density at radius 2 is 1.92 bits per heavy atom. The number of hydrogen-bond acceptors (Lipinski definition) is 2. The summed E-state index contributed by atoms with van der Waals surface area (Å²) in [6.45, 7) is 3.63. The minimum Gasteiger partial charge on any atom is -0.386 e. The Bertz CT molecular complexity index is 212. The minimum atomic E-state index is -2.96. The van der Waals surface area contributed by atoms with Crippen molar-refractivity contribution in [3.05, 3.63) is 0 Å². The summed E-state index contributed by atoms with van der Waals surface area (Å²) in [5, 5.41) is 9.65. The van der Waals surface area contributed by atoms with Crippen LogP contribution in [0, 0.1) is 5.92 Å². The highest BCUT2D eigenvalue weighted by molar-refractivity contribution is 5.80. The molecule has 0 unspecified atom stereocenters. The van der Waals surface area contributed by atoms with Crippen LogP contribution in [0.4, 0.5) is 8.78 Å². The zero-order valence-electron chi connectivity index (χ0n) is 7.63. The van der Waals surface area contributed by atoms with E-state index in [0.29, 0.717) is 0 Å². The first-order valence-corrected chi connectivity index (χ1v) is 4.16. The molecule has 1 heterocycles. The number of likely N-dealkylation sites (tertiary alicyclic amines) is 1. The van der Waals surface area contributed by atoms with E-state index in [4.69, 9.17) is 0 Å². The summed E-state index contributed by atoms with van der Waals surface area (Å²) in [5.74, 6) is -1.21. The van der Waals surface area contributed by atoms with Gasteiger partial charge in [-0.25, -0.2) is 0 Å². The normalized spacial score (nSPS) is 20.7. The van der Waals surface area contributed by atoms with Gasteiger partial charge in [0.2, 0.25) is 0 Å². The molecule has 0 aromatic heterocycles. The molecule has 1 saturated heterocycles. The number of halogens is 2. The first kappa shape index (κ1) is 10.4. The van der Waals surface area contributed by atoms with Crippen molar-refractivity contribution < 1.29 is 18.7 Å². The van der Waals surface area contributed by atoms with Gasteiger partial charge in [-0.05, 0) is 5.92 Å². The topological polar surface area (TPSA) is 40.5 Å². The van der Waals surface area contributed by atoms with E-state index in [1.54, 1.807) is 13.8 Å². The Hall–Kier alpha value is -0.710. The lowest BCUT2D eigenvalue weighted by Gasteiger charge is -2.48. The maximum Gasteiger partial charge on any atom is 0.315 e. The van der Waals surface area contributed by atoms with E-state index >= 15 is 0 Å². The molecule has 1 aliphatic rings. The SMILES string of the molecule is CC(C)C1(O)CN(C(=O)C(F)F)C1. The Morgan fingerprint density at radius 3 is 2.23 bits per heavy atom. The third-order valence-corrected chi connectivity index (χ3v) is 2.50. The summed E-state index contributed by atoms with van der Waals surface area (Å²) in [6.07, 6.45) is -2.96.